The van der Waals surface area contributed by atoms with E-state index in [0.717, 1.165) is 12.8 Å². The molecule has 1 saturated heterocycles. The summed E-state index contributed by atoms with van der Waals surface area (Å²) >= 11 is 0. The van der Waals surface area contributed by atoms with E-state index in [9.17, 15) is 9.59 Å². The fraction of sp³-hybridized carbons (Fsp3) is 0.312. The Morgan fingerprint density at radius 2 is 1.95 bits per heavy atom. The molecule has 1 fully saturated rings. The maximum atomic E-state index is 12.5. The smallest absolute Gasteiger partial charge is 0.274 e. The second kappa shape index (κ2) is 6.11. The first-order valence-electron chi connectivity index (χ1n) is 7.36. The summed E-state index contributed by atoms with van der Waals surface area (Å²) in [5.41, 5.74) is 6.55. The Balaban J connectivity index is 1.92. The monoisotopic (exact) mass is 298 g/mol. The second-order valence-electron chi connectivity index (χ2n) is 5.46. The maximum absolute atomic E-state index is 12.5. The van der Waals surface area contributed by atoms with Gasteiger partial charge in [0.2, 0.25) is 0 Å². The quantitative estimate of drug-likeness (QED) is 0.889. The maximum Gasteiger partial charge on any atom is 0.274 e. The van der Waals surface area contributed by atoms with Crippen LogP contribution in [0.2, 0.25) is 0 Å². The van der Waals surface area contributed by atoms with Crippen LogP contribution in [0.4, 0.5) is 0 Å². The third-order valence-electron chi connectivity index (χ3n) is 3.77. The van der Waals surface area contributed by atoms with Crippen molar-refractivity contribution >= 4 is 5.91 Å². The van der Waals surface area contributed by atoms with E-state index in [0.29, 0.717) is 18.8 Å². The first-order valence-corrected chi connectivity index (χ1v) is 7.36. The van der Waals surface area contributed by atoms with Gasteiger partial charge < -0.3 is 10.6 Å². The Hall–Kier alpha value is -2.47. The predicted molar refractivity (Wildman–Crippen MR) is 82.9 cm³/mol. The lowest BCUT2D eigenvalue weighted by atomic mass is 10.1. The Morgan fingerprint density at radius 1 is 1.18 bits per heavy atom. The molecular weight excluding hydrogens is 280 g/mol. The highest BCUT2D eigenvalue weighted by atomic mass is 16.2. The van der Waals surface area contributed by atoms with E-state index >= 15 is 0 Å². The molecule has 6 nitrogen and oxygen atoms in total. The van der Waals surface area contributed by atoms with Gasteiger partial charge in [-0.15, -0.1) is 0 Å². The van der Waals surface area contributed by atoms with Crippen molar-refractivity contribution in [2.75, 3.05) is 13.1 Å². The molecule has 2 heterocycles. The lowest BCUT2D eigenvalue weighted by Crippen LogP contribution is -2.46. The van der Waals surface area contributed by atoms with Crippen molar-refractivity contribution in [2.24, 2.45) is 5.73 Å². The van der Waals surface area contributed by atoms with E-state index in [2.05, 4.69) is 5.10 Å². The van der Waals surface area contributed by atoms with Crippen molar-refractivity contribution in [1.82, 2.24) is 14.7 Å². The van der Waals surface area contributed by atoms with Crippen LogP contribution in [0, 0.1) is 0 Å². The van der Waals surface area contributed by atoms with Gasteiger partial charge >= 0.3 is 0 Å². The standard InChI is InChI=1S/C16H18N4O2/c17-12-5-4-10-19(11-12)16(22)14-8-9-15(21)20(18-14)13-6-2-1-3-7-13/h1-3,6-9,12H,4-5,10-11,17H2. The summed E-state index contributed by atoms with van der Waals surface area (Å²) in [6, 6.07) is 11.9. The number of benzene rings is 1. The molecule has 1 aliphatic rings. The number of aromatic nitrogens is 2. The van der Waals surface area contributed by atoms with Crippen LogP contribution in [0.1, 0.15) is 23.3 Å². The Kier molecular flexibility index (Phi) is 4.02. The van der Waals surface area contributed by atoms with Crippen LogP contribution in [0.15, 0.2) is 47.3 Å². The molecule has 0 bridgehead atoms. The van der Waals surface area contributed by atoms with Gasteiger partial charge in [-0.25, -0.2) is 0 Å². The fourth-order valence-corrected chi connectivity index (χ4v) is 2.64. The minimum atomic E-state index is -0.266. The van der Waals surface area contributed by atoms with E-state index < -0.39 is 0 Å². The summed E-state index contributed by atoms with van der Waals surface area (Å²) in [4.78, 5) is 26.2. The molecule has 22 heavy (non-hydrogen) atoms. The summed E-state index contributed by atoms with van der Waals surface area (Å²) in [6.07, 6.45) is 1.83. The fourth-order valence-electron chi connectivity index (χ4n) is 2.64. The normalized spacial score (nSPS) is 18.2. The molecule has 3 rings (SSSR count). The molecule has 6 heteroatoms. The number of para-hydroxylation sites is 1. The molecular formula is C16H18N4O2. The van der Waals surface area contributed by atoms with Crippen molar-refractivity contribution in [3.8, 4) is 5.69 Å². The van der Waals surface area contributed by atoms with Gasteiger partial charge in [0.25, 0.3) is 11.5 Å². The summed E-state index contributed by atoms with van der Waals surface area (Å²) in [7, 11) is 0. The van der Waals surface area contributed by atoms with E-state index in [4.69, 9.17) is 5.73 Å². The summed E-state index contributed by atoms with van der Waals surface area (Å²) in [5.74, 6) is -0.181. The number of rotatable bonds is 2. The predicted octanol–water partition coefficient (Wildman–Crippen LogP) is 0.796. The molecule has 1 aliphatic heterocycles. The number of likely N-dealkylation sites (tertiary alicyclic amines) is 1. The molecule has 0 saturated carbocycles. The highest BCUT2D eigenvalue weighted by Crippen LogP contribution is 2.11. The van der Waals surface area contributed by atoms with Crippen LogP contribution in [0.25, 0.3) is 5.69 Å². The average Bonchev–Trinajstić information content (AvgIpc) is 2.55. The van der Waals surface area contributed by atoms with Gasteiger partial charge in [-0.05, 0) is 31.0 Å². The lowest BCUT2D eigenvalue weighted by Gasteiger charge is -2.30. The average molecular weight is 298 g/mol. The first-order chi connectivity index (χ1) is 10.6. The van der Waals surface area contributed by atoms with Gasteiger partial charge in [-0.2, -0.15) is 9.78 Å². The van der Waals surface area contributed by atoms with Crippen molar-refractivity contribution in [3.63, 3.8) is 0 Å². The molecule has 0 aliphatic carbocycles. The molecule has 1 unspecified atom stereocenters. The zero-order valence-electron chi connectivity index (χ0n) is 12.2. The Morgan fingerprint density at radius 3 is 2.68 bits per heavy atom. The second-order valence-corrected chi connectivity index (χ2v) is 5.46. The van der Waals surface area contributed by atoms with Gasteiger partial charge in [0.15, 0.2) is 0 Å². The van der Waals surface area contributed by atoms with E-state index in [1.807, 2.05) is 18.2 Å². The molecule has 0 radical (unpaired) electrons. The number of hydrogen-bond donors (Lipinski definition) is 1. The van der Waals surface area contributed by atoms with Gasteiger partial charge in [0.1, 0.15) is 5.69 Å². The SMILES string of the molecule is NC1CCCN(C(=O)c2ccc(=O)n(-c3ccccc3)n2)C1. The highest BCUT2D eigenvalue weighted by Gasteiger charge is 2.23. The van der Waals surface area contributed by atoms with Gasteiger partial charge in [0.05, 0.1) is 5.69 Å². The molecule has 1 amide bonds. The van der Waals surface area contributed by atoms with Crippen molar-refractivity contribution in [1.29, 1.82) is 0 Å². The van der Waals surface area contributed by atoms with Crippen LogP contribution in [-0.2, 0) is 0 Å². The number of piperidine rings is 1. The summed E-state index contributed by atoms with van der Waals surface area (Å²) in [6.45, 7) is 1.21. The van der Waals surface area contributed by atoms with Crippen LogP contribution in [-0.4, -0.2) is 39.7 Å². The first kappa shape index (κ1) is 14.5. The van der Waals surface area contributed by atoms with Crippen molar-refractivity contribution in [2.45, 2.75) is 18.9 Å². The minimum Gasteiger partial charge on any atom is -0.336 e. The zero-order chi connectivity index (χ0) is 15.5. The number of nitrogens with two attached hydrogens (primary N) is 1. The number of amides is 1. The highest BCUT2D eigenvalue weighted by molar-refractivity contribution is 5.92. The number of nitrogens with zero attached hydrogens (tertiary/aromatic N) is 3. The minimum absolute atomic E-state index is 0.0118. The van der Waals surface area contributed by atoms with Crippen molar-refractivity contribution < 1.29 is 4.79 Å². The number of hydrogen-bond acceptors (Lipinski definition) is 4. The molecule has 1 aromatic heterocycles. The van der Waals surface area contributed by atoms with Crippen LogP contribution in [0.3, 0.4) is 0 Å². The third-order valence-corrected chi connectivity index (χ3v) is 3.77. The molecule has 1 aromatic carbocycles. The largest absolute Gasteiger partial charge is 0.336 e. The zero-order valence-corrected chi connectivity index (χ0v) is 12.2. The Labute approximate surface area is 128 Å². The topological polar surface area (TPSA) is 81.2 Å². The molecule has 1 atom stereocenters. The van der Waals surface area contributed by atoms with Gasteiger partial charge in [0, 0.05) is 25.2 Å². The molecule has 2 aromatic rings. The van der Waals surface area contributed by atoms with Crippen molar-refractivity contribution in [3.05, 3.63) is 58.5 Å². The van der Waals surface area contributed by atoms with E-state index in [1.54, 1.807) is 17.0 Å². The number of carbonyl (C=O) groups excluding carboxylic acids is 1. The van der Waals surface area contributed by atoms with Crippen LogP contribution >= 0.6 is 0 Å². The Bertz CT molecular complexity index is 726. The van der Waals surface area contributed by atoms with E-state index in [1.165, 1.54) is 16.8 Å². The summed E-state index contributed by atoms with van der Waals surface area (Å²) < 4.78 is 1.25. The van der Waals surface area contributed by atoms with E-state index in [-0.39, 0.29) is 23.2 Å². The lowest BCUT2D eigenvalue weighted by molar-refractivity contribution is 0.0700. The number of carbonyl (C=O) groups is 1. The van der Waals surface area contributed by atoms with Crippen LogP contribution in [0.5, 0.6) is 0 Å². The van der Waals surface area contributed by atoms with Gasteiger partial charge in [-0.3, -0.25) is 9.59 Å². The third kappa shape index (κ3) is 2.92. The molecule has 114 valence electrons. The summed E-state index contributed by atoms with van der Waals surface area (Å²) in [5, 5.41) is 4.21. The van der Waals surface area contributed by atoms with Gasteiger partial charge in [-0.1, -0.05) is 18.2 Å². The van der Waals surface area contributed by atoms with Crippen LogP contribution < -0.4 is 11.3 Å². The molecule has 0 spiro atoms. The molecule has 2 N–H and O–H groups in total.